The molecule has 1 aliphatic rings. The van der Waals surface area contributed by atoms with Crippen molar-refractivity contribution in [2.24, 2.45) is 0 Å². The first-order valence-corrected chi connectivity index (χ1v) is 14.3. The van der Waals surface area contributed by atoms with E-state index in [0.717, 1.165) is 23.6 Å². The second-order valence-corrected chi connectivity index (χ2v) is 11.8. The molecule has 1 fully saturated rings. The van der Waals surface area contributed by atoms with Gasteiger partial charge in [0.15, 0.2) is 5.69 Å². The quantitative estimate of drug-likeness (QED) is 0.255. The van der Waals surface area contributed by atoms with E-state index >= 15 is 0 Å². The summed E-state index contributed by atoms with van der Waals surface area (Å²) in [6.07, 6.45) is -2.99. The maximum Gasteiger partial charge on any atom is 0.573 e. The smallest absolute Gasteiger partial charge is 0.406 e. The number of ether oxygens (including phenoxy) is 1. The normalized spacial score (nSPS) is 16.6. The molecule has 1 saturated heterocycles. The van der Waals surface area contributed by atoms with Gasteiger partial charge in [-0.1, -0.05) is 11.2 Å². The highest BCUT2D eigenvalue weighted by atomic mass is 32.3. The summed E-state index contributed by atoms with van der Waals surface area (Å²) in [6, 6.07) is 10.9. The van der Waals surface area contributed by atoms with Crippen molar-refractivity contribution in [3.63, 3.8) is 0 Å². The summed E-state index contributed by atoms with van der Waals surface area (Å²) in [5.74, 6) is 1.67. The van der Waals surface area contributed by atoms with Gasteiger partial charge in [-0.15, -0.1) is 13.2 Å². The van der Waals surface area contributed by atoms with Gasteiger partial charge in [0.25, 0.3) is 5.89 Å². The summed E-state index contributed by atoms with van der Waals surface area (Å²) in [5, 5.41) is 11.8. The second-order valence-electron chi connectivity index (χ2n) is 9.35. The Hall–Kier alpha value is -3.66. The lowest BCUT2D eigenvalue weighted by atomic mass is 10.2. The molecule has 214 valence electrons. The van der Waals surface area contributed by atoms with E-state index in [4.69, 9.17) is 4.52 Å². The second kappa shape index (κ2) is 11.4. The Bertz CT molecular complexity index is 1420. The van der Waals surface area contributed by atoms with E-state index in [0.29, 0.717) is 48.9 Å². The number of aromatic nitrogens is 5. The van der Waals surface area contributed by atoms with E-state index in [9.17, 15) is 22.3 Å². The third kappa shape index (κ3) is 7.29. The third-order valence-corrected chi connectivity index (χ3v) is 8.01. The number of alkyl halides is 3. The largest absolute Gasteiger partial charge is 0.573 e. The fraction of sp³-hybridized carbons (Fsp3) is 0.360. The van der Waals surface area contributed by atoms with Crippen LogP contribution >= 0.6 is 10.6 Å². The molecule has 3 aromatic heterocycles. The summed E-state index contributed by atoms with van der Waals surface area (Å²) >= 11 is 0. The Kier molecular flexibility index (Phi) is 7.98. The summed E-state index contributed by atoms with van der Waals surface area (Å²) in [6.45, 7) is 5.23. The van der Waals surface area contributed by atoms with Crippen LogP contribution in [0.25, 0.3) is 23.0 Å². The van der Waals surface area contributed by atoms with Crippen molar-refractivity contribution >= 4 is 16.4 Å². The highest BCUT2D eigenvalue weighted by molar-refractivity contribution is 8.24. The molecular weight excluding hydrogens is 551 g/mol. The number of aryl methyl sites for hydroxylation is 1. The first kappa shape index (κ1) is 27.9. The van der Waals surface area contributed by atoms with Crippen LogP contribution in [0.2, 0.25) is 0 Å². The molecule has 40 heavy (non-hydrogen) atoms. The minimum absolute atomic E-state index is 0.184. The van der Waals surface area contributed by atoms with Gasteiger partial charge in [-0.3, -0.25) is 18.7 Å². The van der Waals surface area contributed by atoms with Gasteiger partial charge in [0.1, 0.15) is 11.6 Å². The molecule has 0 atom stereocenters. The van der Waals surface area contributed by atoms with Crippen molar-refractivity contribution in [1.82, 2.24) is 29.8 Å². The van der Waals surface area contributed by atoms with Crippen LogP contribution in [0, 0.1) is 6.92 Å². The molecule has 0 amide bonds. The number of pyridine rings is 1. The van der Waals surface area contributed by atoms with Gasteiger partial charge >= 0.3 is 6.36 Å². The number of anilines is 1. The molecule has 0 radical (unpaired) electrons. The lowest BCUT2D eigenvalue weighted by Crippen LogP contribution is -2.40. The molecule has 3 N–H and O–H groups in total. The van der Waals surface area contributed by atoms with Gasteiger partial charge in [-0.25, -0.2) is 4.98 Å². The molecule has 15 heteroatoms. The minimum atomic E-state index is -4.77. The summed E-state index contributed by atoms with van der Waals surface area (Å²) in [7, 11) is -2.38. The van der Waals surface area contributed by atoms with Crippen molar-refractivity contribution in [1.29, 1.82) is 0 Å². The van der Waals surface area contributed by atoms with Crippen LogP contribution in [-0.4, -0.2) is 83.0 Å². The topological polar surface area (TPSA) is 135 Å². The maximum atomic E-state index is 12.4. The van der Waals surface area contributed by atoms with E-state index in [1.165, 1.54) is 24.3 Å². The molecule has 5 rings (SSSR count). The third-order valence-electron chi connectivity index (χ3n) is 6.33. The summed E-state index contributed by atoms with van der Waals surface area (Å²) in [4.78, 5) is 11.0. The zero-order valence-electron chi connectivity index (χ0n) is 21.5. The summed E-state index contributed by atoms with van der Waals surface area (Å²) < 4.78 is 67.6. The first-order valence-electron chi connectivity index (χ1n) is 12.4. The molecule has 0 unspecified atom stereocenters. The van der Waals surface area contributed by atoms with Crippen molar-refractivity contribution in [3.8, 4) is 28.7 Å². The standard InChI is InChI=1S/C25H28F3N7O4S/c1-17-14-21(24-31-23(33-39-24)19-3-5-20(6-4-19)38-25(26,27)28)32-35(17)16-18-2-7-22(30-15-18)29-8-9-34-10-12-40(36,37)13-11-34/h2-7,14-15,36-37H,8-13,16H2,1H3,(H,29,30). The van der Waals surface area contributed by atoms with Gasteiger partial charge in [-0.2, -0.15) is 20.7 Å². The van der Waals surface area contributed by atoms with Crippen LogP contribution in [0.3, 0.4) is 0 Å². The van der Waals surface area contributed by atoms with E-state index in [-0.39, 0.29) is 17.5 Å². The number of benzene rings is 1. The molecule has 1 aliphatic heterocycles. The predicted octanol–water partition coefficient (Wildman–Crippen LogP) is 4.73. The van der Waals surface area contributed by atoms with Crippen molar-refractivity contribution in [3.05, 3.63) is 59.9 Å². The summed E-state index contributed by atoms with van der Waals surface area (Å²) in [5.41, 5.74) is 2.74. The van der Waals surface area contributed by atoms with Crippen LogP contribution in [0.1, 0.15) is 11.3 Å². The average Bonchev–Trinajstić information content (AvgIpc) is 3.53. The lowest BCUT2D eigenvalue weighted by molar-refractivity contribution is -0.274. The Labute approximate surface area is 229 Å². The molecule has 0 saturated carbocycles. The van der Waals surface area contributed by atoms with Crippen molar-refractivity contribution in [2.75, 3.05) is 43.0 Å². The van der Waals surface area contributed by atoms with Crippen LogP contribution in [-0.2, 0) is 6.54 Å². The Morgan fingerprint density at radius 2 is 1.85 bits per heavy atom. The molecule has 4 aromatic rings. The Morgan fingerprint density at radius 1 is 1.10 bits per heavy atom. The number of hydrogen-bond donors (Lipinski definition) is 3. The SMILES string of the molecule is Cc1cc(-c2nc(-c3ccc(OC(F)(F)F)cc3)no2)nn1Cc1ccc(NCCN2CCS(O)(O)CC2)nc1. The van der Waals surface area contributed by atoms with E-state index in [2.05, 4.69) is 35.2 Å². The lowest BCUT2D eigenvalue weighted by Gasteiger charge is -2.40. The highest BCUT2D eigenvalue weighted by Crippen LogP contribution is 2.40. The first-order chi connectivity index (χ1) is 19.0. The Balaban J connectivity index is 1.15. The van der Waals surface area contributed by atoms with Crippen LogP contribution in [0.4, 0.5) is 19.0 Å². The van der Waals surface area contributed by atoms with Gasteiger partial charge in [0.2, 0.25) is 5.82 Å². The number of rotatable bonds is 9. The van der Waals surface area contributed by atoms with Crippen LogP contribution in [0.5, 0.6) is 5.75 Å². The van der Waals surface area contributed by atoms with Crippen molar-refractivity contribution < 1.29 is 31.5 Å². The monoisotopic (exact) mass is 579 g/mol. The molecule has 0 aliphatic carbocycles. The molecular formula is C25H28F3N7O4S. The molecule has 0 spiro atoms. The van der Waals surface area contributed by atoms with E-state index in [1.807, 2.05) is 19.1 Å². The minimum Gasteiger partial charge on any atom is -0.406 e. The number of halogens is 3. The van der Waals surface area contributed by atoms with Gasteiger partial charge in [0.05, 0.1) is 18.1 Å². The van der Waals surface area contributed by atoms with E-state index in [1.54, 1.807) is 16.9 Å². The number of nitrogens with one attached hydrogen (secondary N) is 1. The zero-order chi connectivity index (χ0) is 28.3. The van der Waals surface area contributed by atoms with Crippen molar-refractivity contribution in [2.45, 2.75) is 19.8 Å². The van der Waals surface area contributed by atoms with Gasteiger partial charge in [0, 0.05) is 43.6 Å². The zero-order valence-corrected chi connectivity index (χ0v) is 22.3. The molecule has 1 aromatic carbocycles. The van der Waals surface area contributed by atoms with Gasteiger partial charge < -0.3 is 14.6 Å². The molecule has 11 nitrogen and oxygen atoms in total. The molecule has 0 bridgehead atoms. The van der Waals surface area contributed by atoms with E-state index < -0.39 is 17.0 Å². The Morgan fingerprint density at radius 3 is 2.52 bits per heavy atom. The predicted molar refractivity (Wildman–Crippen MR) is 143 cm³/mol. The highest BCUT2D eigenvalue weighted by Gasteiger charge is 2.31. The van der Waals surface area contributed by atoms with Crippen LogP contribution in [0.15, 0.2) is 53.2 Å². The van der Waals surface area contributed by atoms with Gasteiger partial charge in [-0.05, 0) is 48.9 Å². The number of nitrogens with zero attached hydrogens (tertiary/aromatic N) is 6. The van der Waals surface area contributed by atoms with Crippen LogP contribution < -0.4 is 10.1 Å². The fourth-order valence-electron chi connectivity index (χ4n) is 4.15. The fourth-order valence-corrected chi connectivity index (χ4v) is 5.46. The maximum absolute atomic E-state index is 12.4. The number of hydrogen-bond acceptors (Lipinski definition) is 10. The molecule has 4 heterocycles. The average molecular weight is 580 g/mol.